The van der Waals surface area contributed by atoms with E-state index in [9.17, 15) is 4.79 Å². The SMILES string of the molecule is CCCCC(=O)c1ccnc(C)n1. The quantitative estimate of drug-likeness (QED) is 0.663. The highest BCUT2D eigenvalue weighted by Crippen LogP contribution is 2.03. The number of ketones is 1. The molecule has 0 N–H and O–H groups in total. The van der Waals surface area contributed by atoms with Crippen LogP contribution in [0.2, 0.25) is 0 Å². The number of hydrogen-bond acceptors (Lipinski definition) is 3. The predicted molar refractivity (Wildman–Crippen MR) is 50.6 cm³/mol. The van der Waals surface area contributed by atoms with Crippen molar-refractivity contribution >= 4 is 5.78 Å². The second-order valence-corrected chi connectivity index (χ2v) is 3.02. The van der Waals surface area contributed by atoms with Crippen molar-refractivity contribution in [1.82, 2.24) is 9.97 Å². The molecule has 1 heterocycles. The van der Waals surface area contributed by atoms with Crippen molar-refractivity contribution in [3.63, 3.8) is 0 Å². The maximum absolute atomic E-state index is 11.5. The van der Waals surface area contributed by atoms with Crippen LogP contribution in [0.25, 0.3) is 0 Å². The Morgan fingerprint density at radius 2 is 2.31 bits per heavy atom. The van der Waals surface area contributed by atoms with Gasteiger partial charge in [-0.2, -0.15) is 0 Å². The summed E-state index contributed by atoms with van der Waals surface area (Å²) < 4.78 is 0. The topological polar surface area (TPSA) is 42.9 Å². The number of aromatic nitrogens is 2. The van der Waals surface area contributed by atoms with Gasteiger partial charge in [0.05, 0.1) is 0 Å². The molecular formula is C10H14N2O. The van der Waals surface area contributed by atoms with Gasteiger partial charge in [0.25, 0.3) is 0 Å². The summed E-state index contributed by atoms with van der Waals surface area (Å²) in [5, 5.41) is 0. The summed E-state index contributed by atoms with van der Waals surface area (Å²) in [6.07, 6.45) is 4.19. The Labute approximate surface area is 78.2 Å². The Balaban J connectivity index is 2.66. The molecule has 0 amide bonds. The van der Waals surface area contributed by atoms with Crippen molar-refractivity contribution in [2.75, 3.05) is 0 Å². The van der Waals surface area contributed by atoms with Gasteiger partial charge in [0, 0.05) is 12.6 Å². The zero-order chi connectivity index (χ0) is 9.68. The molecular weight excluding hydrogens is 164 g/mol. The third-order valence-electron chi connectivity index (χ3n) is 1.82. The van der Waals surface area contributed by atoms with Crippen LogP contribution in [0.1, 0.15) is 42.5 Å². The van der Waals surface area contributed by atoms with Crippen LogP contribution in [0.15, 0.2) is 12.3 Å². The first kappa shape index (κ1) is 9.84. The van der Waals surface area contributed by atoms with E-state index in [-0.39, 0.29) is 5.78 Å². The van der Waals surface area contributed by atoms with Crippen LogP contribution in [-0.4, -0.2) is 15.8 Å². The highest BCUT2D eigenvalue weighted by atomic mass is 16.1. The summed E-state index contributed by atoms with van der Waals surface area (Å²) in [6.45, 7) is 3.86. The first-order valence-electron chi connectivity index (χ1n) is 4.57. The van der Waals surface area contributed by atoms with E-state index in [2.05, 4.69) is 16.9 Å². The molecule has 0 bridgehead atoms. The third kappa shape index (κ3) is 2.93. The molecule has 0 aliphatic heterocycles. The number of carbonyl (C=O) groups excluding carboxylic acids is 1. The molecule has 0 aromatic carbocycles. The molecule has 13 heavy (non-hydrogen) atoms. The summed E-state index contributed by atoms with van der Waals surface area (Å²) >= 11 is 0. The highest BCUT2D eigenvalue weighted by Gasteiger charge is 2.06. The Morgan fingerprint density at radius 1 is 1.54 bits per heavy atom. The summed E-state index contributed by atoms with van der Waals surface area (Å²) in [5.41, 5.74) is 0.543. The van der Waals surface area contributed by atoms with Gasteiger partial charge in [-0.3, -0.25) is 4.79 Å². The molecule has 0 radical (unpaired) electrons. The van der Waals surface area contributed by atoms with Crippen LogP contribution in [0, 0.1) is 6.92 Å². The Morgan fingerprint density at radius 3 is 2.92 bits per heavy atom. The standard InChI is InChI=1S/C10H14N2O/c1-3-4-5-10(13)9-6-7-11-8(2)12-9/h6-7H,3-5H2,1-2H3. The molecule has 70 valence electrons. The highest BCUT2D eigenvalue weighted by molar-refractivity contribution is 5.94. The van der Waals surface area contributed by atoms with E-state index in [1.165, 1.54) is 0 Å². The van der Waals surface area contributed by atoms with Gasteiger partial charge in [-0.1, -0.05) is 13.3 Å². The lowest BCUT2D eigenvalue weighted by molar-refractivity contribution is 0.0974. The second-order valence-electron chi connectivity index (χ2n) is 3.02. The molecule has 1 aromatic rings. The summed E-state index contributed by atoms with van der Waals surface area (Å²) in [4.78, 5) is 19.5. The molecule has 0 unspecified atom stereocenters. The smallest absolute Gasteiger partial charge is 0.181 e. The molecule has 0 fully saturated rings. The van der Waals surface area contributed by atoms with Crippen LogP contribution < -0.4 is 0 Å². The molecule has 0 aliphatic carbocycles. The van der Waals surface area contributed by atoms with Crippen LogP contribution in [0.4, 0.5) is 0 Å². The van der Waals surface area contributed by atoms with Crippen molar-refractivity contribution in [1.29, 1.82) is 0 Å². The van der Waals surface area contributed by atoms with Crippen LogP contribution >= 0.6 is 0 Å². The molecule has 1 rings (SSSR count). The van der Waals surface area contributed by atoms with Crippen molar-refractivity contribution in [2.45, 2.75) is 33.1 Å². The molecule has 3 nitrogen and oxygen atoms in total. The molecule has 0 saturated carbocycles. The monoisotopic (exact) mass is 178 g/mol. The van der Waals surface area contributed by atoms with Gasteiger partial charge in [0.1, 0.15) is 11.5 Å². The van der Waals surface area contributed by atoms with Crippen LogP contribution in [0.3, 0.4) is 0 Å². The van der Waals surface area contributed by atoms with E-state index in [0.717, 1.165) is 12.8 Å². The summed E-state index contributed by atoms with van der Waals surface area (Å²) in [5.74, 6) is 0.773. The number of rotatable bonds is 4. The number of aryl methyl sites for hydroxylation is 1. The third-order valence-corrected chi connectivity index (χ3v) is 1.82. The van der Waals surface area contributed by atoms with E-state index in [1.54, 1.807) is 19.2 Å². The minimum Gasteiger partial charge on any atom is -0.292 e. The van der Waals surface area contributed by atoms with Crippen molar-refractivity contribution in [2.24, 2.45) is 0 Å². The first-order valence-corrected chi connectivity index (χ1v) is 4.57. The normalized spacial score (nSPS) is 10.0. The maximum Gasteiger partial charge on any atom is 0.181 e. The first-order chi connectivity index (χ1) is 6.24. The number of hydrogen-bond donors (Lipinski definition) is 0. The Bertz CT molecular complexity index is 297. The lowest BCUT2D eigenvalue weighted by atomic mass is 10.1. The fraction of sp³-hybridized carbons (Fsp3) is 0.500. The Kier molecular flexibility index (Phi) is 3.55. The fourth-order valence-corrected chi connectivity index (χ4v) is 1.08. The molecule has 0 spiro atoms. The molecule has 0 saturated heterocycles. The lowest BCUT2D eigenvalue weighted by Crippen LogP contribution is -2.03. The Hall–Kier alpha value is -1.25. The number of Topliss-reactive ketones (excluding diaryl/α,β-unsaturated/α-hetero) is 1. The maximum atomic E-state index is 11.5. The largest absolute Gasteiger partial charge is 0.292 e. The van der Waals surface area contributed by atoms with E-state index in [4.69, 9.17) is 0 Å². The van der Waals surface area contributed by atoms with Gasteiger partial charge < -0.3 is 0 Å². The number of carbonyl (C=O) groups is 1. The average Bonchev–Trinajstić information content (AvgIpc) is 2.14. The number of nitrogens with zero attached hydrogens (tertiary/aromatic N) is 2. The fourth-order valence-electron chi connectivity index (χ4n) is 1.08. The van der Waals surface area contributed by atoms with Crippen molar-refractivity contribution in [3.8, 4) is 0 Å². The van der Waals surface area contributed by atoms with Gasteiger partial charge in [0.15, 0.2) is 5.78 Å². The zero-order valence-electron chi connectivity index (χ0n) is 8.08. The van der Waals surface area contributed by atoms with Crippen LogP contribution in [-0.2, 0) is 0 Å². The molecule has 0 aliphatic rings. The van der Waals surface area contributed by atoms with Crippen molar-refractivity contribution in [3.05, 3.63) is 23.8 Å². The molecule has 3 heteroatoms. The van der Waals surface area contributed by atoms with Gasteiger partial charge in [-0.05, 0) is 19.4 Å². The summed E-state index contributed by atoms with van der Waals surface area (Å²) in [7, 11) is 0. The van der Waals surface area contributed by atoms with E-state index < -0.39 is 0 Å². The van der Waals surface area contributed by atoms with Gasteiger partial charge in [0.2, 0.25) is 0 Å². The number of unbranched alkanes of at least 4 members (excludes halogenated alkanes) is 1. The van der Waals surface area contributed by atoms with Gasteiger partial charge >= 0.3 is 0 Å². The summed E-state index contributed by atoms with van der Waals surface area (Å²) in [6, 6.07) is 1.67. The van der Waals surface area contributed by atoms with E-state index in [0.29, 0.717) is 17.9 Å². The minimum atomic E-state index is 0.118. The van der Waals surface area contributed by atoms with Gasteiger partial charge in [-0.15, -0.1) is 0 Å². The van der Waals surface area contributed by atoms with Gasteiger partial charge in [-0.25, -0.2) is 9.97 Å². The second kappa shape index (κ2) is 4.70. The van der Waals surface area contributed by atoms with E-state index >= 15 is 0 Å². The zero-order valence-corrected chi connectivity index (χ0v) is 8.08. The lowest BCUT2D eigenvalue weighted by Gasteiger charge is -1.98. The minimum absolute atomic E-state index is 0.118. The molecule has 0 atom stereocenters. The van der Waals surface area contributed by atoms with E-state index in [1.807, 2.05) is 0 Å². The van der Waals surface area contributed by atoms with Crippen molar-refractivity contribution < 1.29 is 4.79 Å². The molecule has 1 aromatic heterocycles. The predicted octanol–water partition coefficient (Wildman–Crippen LogP) is 2.16. The average molecular weight is 178 g/mol. The van der Waals surface area contributed by atoms with Crippen LogP contribution in [0.5, 0.6) is 0 Å².